The second kappa shape index (κ2) is 8.25. The average Bonchev–Trinajstić information content (AvgIpc) is 2.38. The highest BCUT2D eigenvalue weighted by atomic mass is 79.9. The van der Waals surface area contributed by atoms with Gasteiger partial charge in [-0.05, 0) is 19.8 Å². The third-order valence-corrected chi connectivity index (χ3v) is 7.70. The predicted molar refractivity (Wildman–Crippen MR) is 75.8 cm³/mol. The summed E-state index contributed by atoms with van der Waals surface area (Å²) in [5.74, 6) is 0. The first-order valence-corrected chi connectivity index (χ1v) is 9.83. The second-order valence-corrected chi connectivity index (χ2v) is 9.02. The summed E-state index contributed by atoms with van der Waals surface area (Å²) < 4.78 is 42.8. The van der Waals surface area contributed by atoms with Gasteiger partial charge in [0.05, 0.1) is 11.8 Å². The first kappa shape index (κ1) is 19.7. The summed E-state index contributed by atoms with van der Waals surface area (Å²) in [6, 6.07) is 0. The summed E-state index contributed by atoms with van der Waals surface area (Å²) in [4.78, 5) is 0. The van der Waals surface area contributed by atoms with Gasteiger partial charge in [0, 0.05) is 26.7 Å². The van der Waals surface area contributed by atoms with Crippen LogP contribution in [0.4, 0.5) is 0 Å². The molecule has 0 rings (SSSR count). The molecule has 0 bridgehead atoms. The highest BCUT2D eigenvalue weighted by molar-refractivity contribution is 9.09. The van der Waals surface area contributed by atoms with Crippen molar-refractivity contribution in [1.29, 1.82) is 0 Å². The fraction of sp³-hybridized carbons (Fsp3) is 1.00. The molecule has 0 spiro atoms. The average molecular weight is 383 g/mol. The molecule has 0 heterocycles. The van der Waals surface area contributed by atoms with Crippen LogP contribution in [0.3, 0.4) is 0 Å². The zero-order valence-corrected chi connectivity index (χ0v) is 14.9. The van der Waals surface area contributed by atoms with Crippen LogP contribution in [0.25, 0.3) is 0 Å². The van der Waals surface area contributed by atoms with E-state index in [9.17, 15) is 14.2 Å². The van der Waals surface area contributed by atoms with Crippen molar-refractivity contribution in [2.24, 2.45) is 0 Å². The lowest BCUT2D eigenvalue weighted by Crippen LogP contribution is -2.26. The summed E-state index contributed by atoms with van der Waals surface area (Å²) in [5, 5.41) is 10.2. The van der Waals surface area contributed by atoms with Gasteiger partial charge < -0.3 is 9.63 Å². The Kier molecular flexibility index (Phi) is 8.57. The minimum absolute atomic E-state index is 0.00333. The van der Waals surface area contributed by atoms with Crippen LogP contribution in [0, 0.1) is 0 Å². The van der Waals surface area contributed by atoms with Crippen molar-refractivity contribution >= 4 is 31.3 Å². The van der Waals surface area contributed by atoms with Crippen molar-refractivity contribution in [2.45, 2.75) is 25.4 Å². The SMILES string of the molecule is COP(=O)(CCCC(C)(O)CBr)OP(=O)(OC)OC. The minimum atomic E-state index is -3.87. The molecule has 0 aromatic carbocycles. The molecule has 10 heteroatoms. The van der Waals surface area contributed by atoms with Crippen LogP contribution in [0.15, 0.2) is 0 Å². The van der Waals surface area contributed by atoms with Crippen molar-refractivity contribution in [2.75, 3.05) is 32.8 Å². The van der Waals surface area contributed by atoms with E-state index in [0.29, 0.717) is 18.2 Å². The van der Waals surface area contributed by atoms with Crippen LogP contribution in [-0.2, 0) is 27.0 Å². The number of alkyl halides is 1. The maximum Gasteiger partial charge on any atom is 0.481 e. The molecule has 7 nitrogen and oxygen atoms in total. The molecule has 0 fully saturated rings. The van der Waals surface area contributed by atoms with Gasteiger partial charge in [-0.3, -0.25) is 13.6 Å². The van der Waals surface area contributed by atoms with E-state index in [4.69, 9.17) is 8.83 Å². The number of hydrogen-bond donors (Lipinski definition) is 1. The second-order valence-electron chi connectivity index (χ2n) is 4.15. The van der Waals surface area contributed by atoms with Gasteiger partial charge in [-0.2, -0.15) is 0 Å². The molecule has 0 aliphatic carbocycles. The molecule has 0 aromatic heterocycles. The van der Waals surface area contributed by atoms with E-state index in [2.05, 4.69) is 25.0 Å². The third-order valence-electron chi connectivity index (χ3n) is 2.39. The molecule has 0 aliphatic rings. The van der Waals surface area contributed by atoms with Crippen molar-refractivity contribution in [3.8, 4) is 0 Å². The Balaban J connectivity index is 4.55. The lowest BCUT2D eigenvalue weighted by molar-refractivity contribution is 0.0764. The van der Waals surface area contributed by atoms with E-state index in [1.807, 2.05) is 0 Å². The van der Waals surface area contributed by atoms with Gasteiger partial charge in [0.15, 0.2) is 0 Å². The molecular weight excluding hydrogens is 362 g/mol. The molecule has 2 unspecified atom stereocenters. The largest absolute Gasteiger partial charge is 0.481 e. The van der Waals surface area contributed by atoms with Crippen LogP contribution in [0.1, 0.15) is 19.8 Å². The molecule has 116 valence electrons. The van der Waals surface area contributed by atoms with Crippen LogP contribution >= 0.6 is 31.3 Å². The molecule has 19 heavy (non-hydrogen) atoms. The topological polar surface area (TPSA) is 91.3 Å². The van der Waals surface area contributed by atoms with E-state index in [1.54, 1.807) is 6.92 Å². The fourth-order valence-corrected chi connectivity index (χ4v) is 4.68. The molecule has 0 aliphatic heterocycles. The third kappa shape index (κ3) is 7.34. The Labute approximate surface area is 122 Å². The fourth-order valence-electron chi connectivity index (χ4n) is 1.18. The van der Waals surface area contributed by atoms with Crippen LogP contribution in [0.5, 0.6) is 0 Å². The van der Waals surface area contributed by atoms with E-state index in [-0.39, 0.29) is 6.16 Å². The quantitative estimate of drug-likeness (QED) is 0.458. The first-order valence-electron chi connectivity index (χ1n) is 5.52. The van der Waals surface area contributed by atoms with Gasteiger partial charge in [0.1, 0.15) is 0 Å². The van der Waals surface area contributed by atoms with Crippen molar-refractivity contribution in [1.82, 2.24) is 0 Å². The Morgan fingerprint density at radius 1 is 1.16 bits per heavy atom. The molecule has 2 atom stereocenters. The lowest BCUT2D eigenvalue weighted by atomic mass is 10.0. The van der Waals surface area contributed by atoms with Gasteiger partial charge in [-0.1, -0.05) is 15.9 Å². The molecule has 0 aromatic rings. The zero-order chi connectivity index (χ0) is 15.2. The molecule has 0 radical (unpaired) electrons. The number of halogens is 1. The maximum atomic E-state index is 12.2. The smallest absolute Gasteiger partial charge is 0.389 e. The summed E-state index contributed by atoms with van der Waals surface area (Å²) in [7, 11) is -4.01. The Morgan fingerprint density at radius 3 is 2.05 bits per heavy atom. The van der Waals surface area contributed by atoms with E-state index in [0.717, 1.165) is 14.2 Å². The number of rotatable bonds is 10. The van der Waals surface area contributed by atoms with Gasteiger partial charge >= 0.3 is 15.4 Å². The zero-order valence-electron chi connectivity index (χ0n) is 11.5. The summed E-state index contributed by atoms with van der Waals surface area (Å²) in [6.07, 6.45) is 0.764. The number of phosphoric ester groups is 1. The summed E-state index contributed by atoms with van der Waals surface area (Å²) >= 11 is 3.17. The molecule has 1 N–H and O–H groups in total. The molecule has 0 saturated heterocycles. The van der Waals surface area contributed by atoms with Crippen molar-refractivity contribution < 1.29 is 32.1 Å². The number of phosphoric acid groups is 1. The standard InChI is InChI=1S/C9H21BrO7P2/c1-9(11,8-10)6-5-7-18(12,14-2)17-19(13,15-3)16-4/h11H,5-8H2,1-4H3. The first-order chi connectivity index (χ1) is 8.66. The van der Waals surface area contributed by atoms with Gasteiger partial charge in [-0.15, -0.1) is 0 Å². The highest BCUT2D eigenvalue weighted by Crippen LogP contribution is 2.64. The molecule has 0 saturated carbocycles. The highest BCUT2D eigenvalue weighted by Gasteiger charge is 2.36. The van der Waals surface area contributed by atoms with Crippen molar-refractivity contribution in [3.63, 3.8) is 0 Å². The minimum Gasteiger partial charge on any atom is -0.389 e. The van der Waals surface area contributed by atoms with E-state index in [1.165, 1.54) is 7.11 Å². The van der Waals surface area contributed by atoms with Crippen molar-refractivity contribution in [3.05, 3.63) is 0 Å². The van der Waals surface area contributed by atoms with E-state index >= 15 is 0 Å². The normalized spacial score (nSPS) is 18.8. The molecular formula is C9H21BrO7P2. The van der Waals surface area contributed by atoms with E-state index < -0.39 is 21.0 Å². The van der Waals surface area contributed by atoms with Gasteiger partial charge in [0.25, 0.3) is 0 Å². The predicted octanol–water partition coefficient (Wildman–Crippen LogP) is 3.17. The maximum absolute atomic E-state index is 12.2. The monoisotopic (exact) mass is 382 g/mol. The Morgan fingerprint density at radius 2 is 1.68 bits per heavy atom. The number of hydrogen-bond acceptors (Lipinski definition) is 7. The van der Waals surface area contributed by atoms with Gasteiger partial charge in [-0.25, -0.2) is 8.88 Å². The number of aliphatic hydroxyl groups is 1. The van der Waals surface area contributed by atoms with Crippen LogP contribution in [0.2, 0.25) is 0 Å². The summed E-state index contributed by atoms with van der Waals surface area (Å²) in [6.45, 7) is 1.65. The van der Waals surface area contributed by atoms with Crippen LogP contribution in [-0.4, -0.2) is 43.5 Å². The summed E-state index contributed by atoms with van der Waals surface area (Å²) in [5.41, 5.74) is -0.912. The Hall–Kier alpha value is 0.740. The molecule has 0 amide bonds. The Bertz CT molecular complexity index is 352. The lowest BCUT2D eigenvalue weighted by Gasteiger charge is -2.23. The van der Waals surface area contributed by atoms with Crippen LogP contribution < -0.4 is 0 Å². The van der Waals surface area contributed by atoms with Gasteiger partial charge in [0.2, 0.25) is 0 Å².